The van der Waals surface area contributed by atoms with Crippen molar-refractivity contribution in [1.82, 2.24) is 10.1 Å². The van der Waals surface area contributed by atoms with Gasteiger partial charge in [0.25, 0.3) is 0 Å². The fourth-order valence-electron chi connectivity index (χ4n) is 3.29. The number of carbonyl (C=O) groups is 1. The second-order valence-corrected chi connectivity index (χ2v) is 6.75. The molecule has 4 aromatic rings. The van der Waals surface area contributed by atoms with Crippen LogP contribution in [0.25, 0.3) is 22.4 Å². The van der Waals surface area contributed by atoms with E-state index < -0.39 is 0 Å². The van der Waals surface area contributed by atoms with Crippen molar-refractivity contribution < 1.29 is 18.8 Å². The van der Waals surface area contributed by atoms with Crippen molar-refractivity contribution in [2.45, 2.75) is 6.42 Å². The number of amides is 1. The molecule has 0 spiro atoms. The second-order valence-electron chi connectivity index (χ2n) is 6.75. The number of carbonyl (C=O) groups excluding carboxylic acids is 1. The minimum absolute atomic E-state index is 0.198. The highest BCUT2D eigenvalue weighted by Gasteiger charge is 2.22. The van der Waals surface area contributed by atoms with Crippen LogP contribution in [0.4, 0.5) is 5.88 Å². The standard InChI is InChI=1S/C24H21N3O4/c1-29-19-9-8-18(15-20(19)30-2)23-22(17-10-12-25-13-11-17)24(31-27-23)26-21(28)14-16-6-4-3-5-7-16/h3-13,15H,14H2,1-2H3,(H,26,28). The molecule has 156 valence electrons. The van der Waals surface area contributed by atoms with E-state index in [9.17, 15) is 4.79 Å². The second kappa shape index (κ2) is 9.13. The van der Waals surface area contributed by atoms with E-state index in [1.54, 1.807) is 32.7 Å². The number of pyridine rings is 1. The van der Waals surface area contributed by atoms with Gasteiger partial charge in [-0.3, -0.25) is 15.1 Å². The number of ether oxygens (including phenoxy) is 2. The highest BCUT2D eigenvalue weighted by Crippen LogP contribution is 2.40. The Bertz CT molecular complexity index is 1170. The fourth-order valence-corrected chi connectivity index (χ4v) is 3.29. The number of nitrogens with one attached hydrogen (secondary N) is 1. The summed E-state index contributed by atoms with van der Waals surface area (Å²) in [7, 11) is 3.15. The van der Waals surface area contributed by atoms with Crippen molar-refractivity contribution in [3.05, 3.63) is 78.6 Å². The van der Waals surface area contributed by atoms with Gasteiger partial charge in [0.1, 0.15) is 5.69 Å². The first kappa shape index (κ1) is 20.2. The summed E-state index contributed by atoms with van der Waals surface area (Å²) in [6, 6.07) is 18.7. The maximum absolute atomic E-state index is 12.6. The number of benzene rings is 2. The monoisotopic (exact) mass is 415 g/mol. The minimum Gasteiger partial charge on any atom is -0.493 e. The first-order chi connectivity index (χ1) is 15.2. The molecule has 0 aliphatic rings. The number of nitrogens with zero attached hydrogens (tertiary/aromatic N) is 2. The molecule has 2 heterocycles. The molecule has 0 bridgehead atoms. The van der Waals surface area contributed by atoms with Crippen molar-refractivity contribution in [3.63, 3.8) is 0 Å². The topological polar surface area (TPSA) is 86.5 Å². The summed E-state index contributed by atoms with van der Waals surface area (Å²) < 4.78 is 16.3. The zero-order valence-electron chi connectivity index (χ0n) is 17.2. The van der Waals surface area contributed by atoms with E-state index in [-0.39, 0.29) is 18.2 Å². The van der Waals surface area contributed by atoms with E-state index >= 15 is 0 Å². The molecule has 1 N–H and O–H groups in total. The van der Waals surface area contributed by atoms with E-state index in [2.05, 4.69) is 15.5 Å². The Balaban J connectivity index is 1.72. The van der Waals surface area contributed by atoms with Crippen LogP contribution in [0, 0.1) is 0 Å². The average molecular weight is 415 g/mol. The third kappa shape index (κ3) is 4.40. The van der Waals surface area contributed by atoms with Crippen molar-refractivity contribution in [2.75, 3.05) is 19.5 Å². The van der Waals surface area contributed by atoms with Gasteiger partial charge in [0.05, 0.1) is 26.2 Å². The zero-order chi connectivity index (χ0) is 21.6. The first-order valence-electron chi connectivity index (χ1n) is 9.66. The van der Waals surface area contributed by atoms with E-state index in [0.717, 1.165) is 16.7 Å². The molecule has 0 saturated carbocycles. The SMILES string of the molecule is COc1ccc(-c2noc(NC(=O)Cc3ccccc3)c2-c2ccncc2)cc1OC. The number of rotatable bonds is 7. The van der Waals surface area contributed by atoms with Gasteiger partial charge in [0.2, 0.25) is 11.8 Å². The molecule has 31 heavy (non-hydrogen) atoms. The van der Waals surface area contributed by atoms with Gasteiger partial charge in [-0.1, -0.05) is 35.5 Å². The van der Waals surface area contributed by atoms with Gasteiger partial charge >= 0.3 is 0 Å². The Morgan fingerprint density at radius 1 is 0.935 bits per heavy atom. The van der Waals surface area contributed by atoms with E-state index in [1.165, 1.54) is 0 Å². The smallest absolute Gasteiger partial charge is 0.239 e. The maximum atomic E-state index is 12.6. The Morgan fingerprint density at radius 2 is 1.68 bits per heavy atom. The van der Waals surface area contributed by atoms with Gasteiger partial charge in [-0.2, -0.15) is 0 Å². The maximum Gasteiger partial charge on any atom is 0.239 e. The van der Waals surface area contributed by atoms with Crippen molar-refractivity contribution in [1.29, 1.82) is 0 Å². The molecule has 0 atom stereocenters. The number of methoxy groups -OCH3 is 2. The lowest BCUT2D eigenvalue weighted by atomic mass is 10.0. The summed E-state index contributed by atoms with van der Waals surface area (Å²) in [5.41, 5.74) is 3.72. The van der Waals surface area contributed by atoms with Gasteiger partial charge in [0, 0.05) is 18.0 Å². The summed E-state index contributed by atoms with van der Waals surface area (Å²) in [5, 5.41) is 7.10. The van der Waals surface area contributed by atoms with Crippen LogP contribution < -0.4 is 14.8 Å². The van der Waals surface area contributed by atoms with Crippen molar-refractivity contribution in [2.24, 2.45) is 0 Å². The molecule has 2 aromatic carbocycles. The molecular weight excluding hydrogens is 394 g/mol. The molecule has 2 aromatic heterocycles. The summed E-state index contributed by atoms with van der Waals surface area (Å²) >= 11 is 0. The Hall–Kier alpha value is -4.13. The van der Waals surface area contributed by atoms with E-state index in [4.69, 9.17) is 14.0 Å². The summed E-state index contributed by atoms with van der Waals surface area (Å²) in [6.45, 7) is 0. The lowest BCUT2D eigenvalue weighted by Crippen LogP contribution is -2.14. The Labute approximate surface area is 179 Å². The van der Waals surface area contributed by atoms with Crippen molar-refractivity contribution >= 4 is 11.8 Å². The average Bonchev–Trinajstić information content (AvgIpc) is 3.23. The predicted molar refractivity (Wildman–Crippen MR) is 117 cm³/mol. The third-order valence-electron chi connectivity index (χ3n) is 4.78. The predicted octanol–water partition coefficient (Wildman–Crippen LogP) is 4.60. The molecule has 7 nitrogen and oxygen atoms in total. The molecule has 0 radical (unpaired) electrons. The lowest BCUT2D eigenvalue weighted by molar-refractivity contribution is -0.115. The van der Waals surface area contributed by atoms with Gasteiger partial charge in [-0.05, 0) is 41.5 Å². The largest absolute Gasteiger partial charge is 0.493 e. The molecule has 0 aliphatic heterocycles. The summed E-state index contributed by atoms with van der Waals surface area (Å²) in [4.78, 5) is 16.7. The minimum atomic E-state index is -0.198. The van der Waals surface area contributed by atoms with Crippen LogP contribution in [0.1, 0.15) is 5.56 Å². The molecule has 0 unspecified atom stereocenters. The van der Waals surface area contributed by atoms with Crippen LogP contribution in [-0.2, 0) is 11.2 Å². The number of aromatic nitrogens is 2. The van der Waals surface area contributed by atoms with Gasteiger partial charge in [-0.25, -0.2) is 0 Å². The van der Waals surface area contributed by atoms with Crippen LogP contribution in [0.5, 0.6) is 11.5 Å². The molecule has 7 heteroatoms. The highest BCUT2D eigenvalue weighted by atomic mass is 16.5. The zero-order valence-corrected chi connectivity index (χ0v) is 17.2. The highest BCUT2D eigenvalue weighted by molar-refractivity contribution is 5.98. The molecule has 0 saturated heterocycles. The Kier molecular flexibility index (Phi) is 5.93. The quantitative estimate of drug-likeness (QED) is 0.475. The van der Waals surface area contributed by atoms with Crippen LogP contribution in [0.3, 0.4) is 0 Å². The third-order valence-corrected chi connectivity index (χ3v) is 4.78. The van der Waals surface area contributed by atoms with Crippen LogP contribution >= 0.6 is 0 Å². The van der Waals surface area contributed by atoms with E-state index in [1.807, 2.05) is 54.6 Å². The first-order valence-corrected chi connectivity index (χ1v) is 9.66. The van der Waals surface area contributed by atoms with Crippen LogP contribution in [-0.4, -0.2) is 30.3 Å². The van der Waals surface area contributed by atoms with Gasteiger partial charge in [0.15, 0.2) is 11.5 Å². The number of hydrogen-bond acceptors (Lipinski definition) is 6. The molecule has 1 amide bonds. The molecular formula is C24H21N3O4. The van der Waals surface area contributed by atoms with Gasteiger partial charge in [-0.15, -0.1) is 0 Å². The lowest BCUT2D eigenvalue weighted by Gasteiger charge is -2.10. The molecule has 0 fully saturated rings. The van der Waals surface area contributed by atoms with Crippen LogP contribution in [0.15, 0.2) is 77.6 Å². The Morgan fingerprint density at radius 3 is 2.39 bits per heavy atom. The fraction of sp³-hybridized carbons (Fsp3) is 0.125. The molecule has 0 aliphatic carbocycles. The number of hydrogen-bond donors (Lipinski definition) is 1. The number of anilines is 1. The molecule has 4 rings (SSSR count). The van der Waals surface area contributed by atoms with Crippen LogP contribution in [0.2, 0.25) is 0 Å². The van der Waals surface area contributed by atoms with E-state index in [0.29, 0.717) is 22.8 Å². The summed E-state index contributed by atoms with van der Waals surface area (Å²) in [5.74, 6) is 1.25. The van der Waals surface area contributed by atoms with Crippen molar-refractivity contribution in [3.8, 4) is 33.9 Å². The van der Waals surface area contributed by atoms with Gasteiger partial charge < -0.3 is 14.0 Å². The normalized spacial score (nSPS) is 10.5. The summed E-state index contributed by atoms with van der Waals surface area (Å²) in [6.07, 6.45) is 3.58.